The molecule has 0 saturated heterocycles. The number of benzene rings is 2. The van der Waals surface area contributed by atoms with Crippen molar-refractivity contribution in [2.45, 2.75) is 13.3 Å². The Morgan fingerprint density at radius 3 is 2.71 bits per heavy atom. The van der Waals surface area contributed by atoms with E-state index in [4.69, 9.17) is 23.2 Å². The lowest BCUT2D eigenvalue weighted by Crippen LogP contribution is -2.03. The summed E-state index contributed by atoms with van der Waals surface area (Å²) in [6, 6.07) is 12.0. The largest absolute Gasteiger partial charge is 0.295 e. The van der Waals surface area contributed by atoms with Gasteiger partial charge < -0.3 is 0 Å². The maximum Gasteiger partial charge on any atom is 0.115 e. The number of aromatic nitrogens is 2. The van der Waals surface area contributed by atoms with Gasteiger partial charge in [-0.15, -0.1) is 11.6 Å². The highest BCUT2D eigenvalue weighted by atomic mass is 79.9. The average molecular weight is 384 g/mol. The van der Waals surface area contributed by atoms with Crippen molar-refractivity contribution in [1.82, 2.24) is 9.55 Å². The fraction of sp³-hybridized carbons (Fsp3) is 0.188. The fourth-order valence-electron chi connectivity index (χ4n) is 2.41. The van der Waals surface area contributed by atoms with Crippen LogP contribution in [0.1, 0.15) is 11.4 Å². The Balaban J connectivity index is 2.32. The molecule has 108 valence electrons. The van der Waals surface area contributed by atoms with Crippen LogP contribution in [0.2, 0.25) is 5.02 Å². The van der Waals surface area contributed by atoms with E-state index in [1.165, 1.54) is 5.56 Å². The van der Waals surface area contributed by atoms with E-state index in [0.717, 1.165) is 27.0 Å². The number of fused-ring (bicyclic) bond motifs is 1. The normalized spacial score (nSPS) is 11.2. The van der Waals surface area contributed by atoms with Crippen molar-refractivity contribution in [1.29, 1.82) is 0 Å². The molecule has 0 aliphatic rings. The van der Waals surface area contributed by atoms with Crippen molar-refractivity contribution < 1.29 is 0 Å². The Morgan fingerprint density at radius 1 is 1.19 bits per heavy atom. The van der Waals surface area contributed by atoms with E-state index in [1.54, 1.807) is 0 Å². The summed E-state index contributed by atoms with van der Waals surface area (Å²) < 4.78 is 3.14. The second kappa shape index (κ2) is 5.99. The number of rotatable bonds is 3. The molecule has 0 unspecified atom stereocenters. The van der Waals surface area contributed by atoms with Gasteiger partial charge in [0.05, 0.1) is 16.7 Å². The first-order valence-corrected chi connectivity index (χ1v) is 8.30. The van der Waals surface area contributed by atoms with Crippen LogP contribution in [-0.2, 0) is 6.42 Å². The molecule has 0 N–H and O–H groups in total. The molecule has 1 heterocycles. The highest BCUT2D eigenvalue weighted by Gasteiger charge is 2.14. The third kappa shape index (κ3) is 2.83. The predicted octanol–water partition coefficient (Wildman–Crippen LogP) is 5.53. The van der Waals surface area contributed by atoms with Crippen LogP contribution in [0.25, 0.3) is 16.7 Å². The molecular weight excluding hydrogens is 371 g/mol. The van der Waals surface area contributed by atoms with Crippen LogP contribution in [0.4, 0.5) is 0 Å². The first kappa shape index (κ1) is 14.9. The van der Waals surface area contributed by atoms with Crippen LogP contribution in [0.15, 0.2) is 40.9 Å². The molecule has 3 aromatic rings. The van der Waals surface area contributed by atoms with Gasteiger partial charge in [-0.25, -0.2) is 4.98 Å². The molecule has 1 aromatic heterocycles. The number of aryl methyl sites for hydroxylation is 2. The second-order valence-electron chi connectivity index (χ2n) is 4.89. The van der Waals surface area contributed by atoms with E-state index < -0.39 is 0 Å². The minimum absolute atomic E-state index is 0.528. The lowest BCUT2D eigenvalue weighted by Gasteiger charge is -2.11. The smallest absolute Gasteiger partial charge is 0.115 e. The number of hydrogen-bond donors (Lipinski definition) is 0. The molecule has 0 atom stereocenters. The number of alkyl halides is 1. The van der Waals surface area contributed by atoms with Crippen molar-refractivity contribution in [3.05, 3.63) is 57.3 Å². The first-order chi connectivity index (χ1) is 10.1. The van der Waals surface area contributed by atoms with Gasteiger partial charge in [0.25, 0.3) is 0 Å². The summed E-state index contributed by atoms with van der Waals surface area (Å²) in [7, 11) is 0. The highest BCUT2D eigenvalue weighted by Crippen LogP contribution is 2.29. The molecule has 0 aliphatic carbocycles. The minimum Gasteiger partial charge on any atom is -0.295 e. The first-order valence-electron chi connectivity index (χ1n) is 6.59. The molecule has 0 fully saturated rings. The maximum absolute atomic E-state index is 6.15. The molecule has 0 radical (unpaired) electrons. The van der Waals surface area contributed by atoms with Gasteiger partial charge in [-0.1, -0.05) is 17.7 Å². The van der Waals surface area contributed by atoms with Crippen molar-refractivity contribution in [3.63, 3.8) is 0 Å². The van der Waals surface area contributed by atoms with Gasteiger partial charge in [0, 0.05) is 21.8 Å². The zero-order valence-corrected chi connectivity index (χ0v) is 14.5. The van der Waals surface area contributed by atoms with Crippen LogP contribution >= 0.6 is 39.1 Å². The molecular formula is C16H13BrCl2N2. The van der Waals surface area contributed by atoms with Gasteiger partial charge in [-0.05, 0) is 58.7 Å². The summed E-state index contributed by atoms with van der Waals surface area (Å²) in [4.78, 5) is 4.68. The molecule has 0 saturated carbocycles. The third-order valence-electron chi connectivity index (χ3n) is 3.35. The molecule has 5 heteroatoms. The van der Waals surface area contributed by atoms with Crippen molar-refractivity contribution >= 4 is 50.2 Å². The van der Waals surface area contributed by atoms with E-state index in [2.05, 4.69) is 50.6 Å². The van der Waals surface area contributed by atoms with Crippen LogP contribution in [0, 0.1) is 6.92 Å². The molecule has 0 aliphatic heterocycles. The standard InChI is InChI=1S/C16H13BrCl2N2/c1-10-2-5-14(12(17)8-10)21-15-9-11(19)3-4-13(15)20-16(21)6-7-18/h2-5,8-9H,6-7H2,1H3. The number of halogens is 3. The van der Waals surface area contributed by atoms with Crippen molar-refractivity contribution in [2.24, 2.45) is 0 Å². The summed E-state index contributed by atoms with van der Waals surface area (Å²) in [5, 5.41) is 0.698. The number of imidazole rings is 1. The summed E-state index contributed by atoms with van der Waals surface area (Å²) in [5.41, 5.74) is 4.16. The van der Waals surface area contributed by atoms with Crippen molar-refractivity contribution in [2.75, 3.05) is 5.88 Å². The Hall–Kier alpha value is -1.03. The molecule has 0 amide bonds. The number of nitrogens with zero attached hydrogens (tertiary/aromatic N) is 2. The van der Waals surface area contributed by atoms with E-state index in [1.807, 2.05) is 18.2 Å². The van der Waals surface area contributed by atoms with E-state index in [9.17, 15) is 0 Å². The summed E-state index contributed by atoms with van der Waals surface area (Å²) in [6.45, 7) is 2.07. The molecule has 0 spiro atoms. The molecule has 21 heavy (non-hydrogen) atoms. The van der Waals surface area contributed by atoms with Gasteiger partial charge in [-0.3, -0.25) is 4.57 Å². The SMILES string of the molecule is Cc1ccc(-n2c(CCCl)nc3ccc(Cl)cc32)c(Br)c1. The van der Waals surface area contributed by atoms with Crippen molar-refractivity contribution in [3.8, 4) is 5.69 Å². The van der Waals surface area contributed by atoms with Crippen LogP contribution in [0.3, 0.4) is 0 Å². The van der Waals surface area contributed by atoms with Gasteiger partial charge in [0.2, 0.25) is 0 Å². The summed E-state index contributed by atoms with van der Waals surface area (Å²) in [5.74, 6) is 1.47. The maximum atomic E-state index is 6.15. The van der Waals surface area contributed by atoms with Gasteiger partial charge in [-0.2, -0.15) is 0 Å². The second-order valence-corrected chi connectivity index (χ2v) is 6.56. The Kier molecular flexibility index (Phi) is 4.25. The van der Waals surface area contributed by atoms with E-state index in [0.29, 0.717) is 17.3 Å². The molecule has 3 rings (SSSR count). The van der Waals surface area contributed by atoms with Crippen LogP contribution in [0.5, 0.6) is 0 Å². The topological polar surface area (TPSA) is 17.8 Å². The lowest BCUT2D eigenvalue weighted by atomic mass is 10.2. The monoisotopic (exact) mass is 382 g/mol. The van der Waals surface area contributed by atoms with Crippen LogP contribution in [-0.4, -0.2) is 15.4 Å². The zero-order valence-electron chi connectivity index (χ0n) is 11.4. The predicted molar refractivity (Wildman–Crippen MR) is 92.9 cm³/mol. The minimum atomic E-state index is 0.528. The Morgan fingerprint density at radius 2 is 2.00 bits per heavy atom. The molecule has 2 nitrogen and oxygen atoms in total. The highest BCUT2D eigenvalue weighted by molar-refractivity contribution is 9.10. The van der Waals surface area contributed by atoms with Crippen LogP contribution < -0.4 is 0 Å². The van der Waals surface area contributed by atoms with E-state index in [-0.39, 0.29) is 0 Å². The summed E-state index contributed by atoms with van der Waals surface area (Å²) in [6.07, 6.45) is 0.703. The van der Waals surface area contributed by atoms with Gasteiger partial charge in [0.1, 0.15) is 5.82 Å². The van der Waals surface area contributed by atoms with Gasteiger partial charge >= 0.3 is 0 Å². The average Bonchev–Trinajstić information content (AvgIpc) is 2.77. The molecule has 2 aromatic carbocycles. The summed E-state index contributed by atoms with van der Waals surface area (Å²) >= 11 is 15.7. The third-order valence-corrected chi connectivity index (χ3v) is 4.41. The zero-order chi connectivity index (χ0) is 15.0. The quantitative estimate of drug-likeness (QED) is 0.543. The Labute approximate surface area is 141 Å². The number of hydrogen-bond acceptors (Lipinski definition) is 1. The molecule has 0 bridgehead atoms. The lowest BCUT2D eigenvalue weighted by molar-refractivity contribution is 0.909. The Bertz CT molecular complexity index is 811. The van der Waals surface area contributed by atoms with Gasteiger partial charge in [0.15, 0.2) is 0 Å². The van der Waals surface area contributed by atoms with E-state index >= 15 is 0 Å². The fourth-order valence-corrected chi connectivity index (χ4v) is 3.42.